The first-order valence-corrected chi connectivity index (χ1v) is 13.0. The zero-order chi connectivity index (χ0) is 26.5. The number of halogens is 3. The van der Waals surface area contributed by atoms with Crippen LogP contribution in [0.2, 0.25) is 10.0 Å². The van der Waals surface area contributed by atoms with Crippen molar-refractivity contribution in [2.75, 3.05) is 31.7 Å². The third-order valence-electron chi connectivity index (χ3n) is 6.67. The van der Waals surface area contributed by atoms with Gasteiger partial charge in [0, 0.05) is 30.5 Å². The van der Waals surface area contributed by atoms with Crippen LogP contribution in [-0.2, 0) is 22.5 Å². The molecule has 3 N–H and O–H groups in total. The summed E-state index contributed by atoms with van der Waals surface area (Å²) in [5.74, 6) is -0.206. The number of hydrogen-bond acceptors (Lipinski definition) is 5. The second-order valence-electron chi connectivity index (χ2n) is 8.95. The molecule has 2 aromatic rings. The molecule has 10 heteroatoms. The van der Waals surface area contributed by atoms with E-state index < -0.39 is 0 Å². The number of aliphatic hydroxyl groups excluding tert-OH is 1. The Bertz CT molecular complexity index is 1230. The zero-order valence-corrected chi connectivity index (χ0v) is 22.5. The van der Waals surface area contributed by atoms with Gasteiger partial charge >= 0.3 is 12.0 Å². The van der Waals surface area contributed by atoms with Crippen LogP contribution in [0.1, 0.15) is 29.0 Å². The molecule has 0 aromatic heterocycles. The minimum atomic E-state index is -0.339. The zero-order valence-electron chi connectivity index (χ0n) is 20.3. The number of anilines is 2. The number of benzene rings is 2. The van der Waals surface area contributed by atoms with Crippen molar-refractivity contribution in [3.63, 3.8) is 0 Å². The SMILES string of the molecule is COC(=O)CC1CNCC1c1cc(C/C(Cl)=C\C=C/CO)c2c(c1)N(c1c(Cl)cccc1Cl)C(=O)NC2. The maximum Gasteiger partial charge on any atom is 0.326 e. The largest absolute Gasteiger partial charge is 0.469 e. The fourth-order valence-corrected chi connectivity index (χ4v) is 5.68. The van der Waals surface area contributed by atoms with Gasteiger partial charge in [-0.1, -0.05) is 59.1 Å². The molecular formula is C27H28Cl3N3O4. The average molecular weight is 565 g/mol. The minimum Gasteiger partial charge on any atom is -0.469 e. The molecule has 2 amide bonds. The quantitative estimate of drug-likeness (QED) is 0.294. The second-order valence-corrected chi connectivity index (χ2v) is 10.2. The first-order valence-electron chi connectivity index (χ1n) is 11.9. The van der Waals surface area contributed by atoms with Crippen LogP contribution in [0.3, 0.4) is 0 Å². The first kappa shape index (κ1) is 27.5. The van der Waals surface area contributed by atoms with Crippen LogP contribution in [0.15, 0.2) is 53.6 Å². The van der Waals surface area contributed by atoms with Crippen LogP contribution >= 0.6 is 34.8 Å². The topological polar surface area (TPSA) is 90.9 Å². The Hall–Kier alpha value is -2.55. The van der Waals surface area contributed by atoms with Crippen LogP contribution < -0.4 is 15.5 Å². The van der Waals surface area contributed by atoms with Crippen LogP contribution in [0.5, 0.6) is 0 Å². The molecule has 0 spiro atoms. The molecule has 0 bridgehead atoms. The third kappa shape index (κ3) is 6.13. The van der Waals surface area contributed by atoms with Gasteiger partial charge in [0.15, 0.2) is 0 Å². The van der Waals surface area contributed by atoms with Crippen molar-refractivity contribution in [3.05, 3.63) is 80.3 Å². The number of nitrogens with one attached hydrogen (secondary N) is 2. The molecule has 0 radical (unpaired) electrons. The van der Waals surface area contributed by atoms with Crippen LogP contribution in [0, 0.1) is 5.92 Å². The Morgan fingerprint density at radius 2 is 2.00 bits per heavy atom. The summed E-state index contributed by atoms with van der Waals surface area (Å²) >= 11 is 19.6. The smallest absolute Gasteiger partial charge is 0.326 e. The lowest BCUT2D eigenvalue weighted by molar-refractivity contribution is -0.141. The van der Waals surface area contributed by atoms with E-state index in [1.807, 2.05) is 6.07 Å². The molecule has 37 heavy (non-hydrogen) atoms. The Labute approximate surface area is 231 Å². The third-order valence-corrected chi connectivity index (χ3v) is 7.53. The van der Waals surface area contributed by atoms with Crippen molar-refractivity contribution in [2.24, 2.45) is 5.92 Å². The number of esters is 1. The highest BCUT2D eigenvalue weighted by Crippen LogP contribution is 2.44. The van der Waals surface area contributed by atoms with E-state index in [0.717, 1.165) is 16.7 Å². The van der Waals surface area contributed by atoms with E-state index in [9.17, 15) is 9.59 Å². The van der Waals surface area contributed by atoms with Gasteiger partial charge in [-0.15, -0.1) is 0 Å². The number of allylic oxidation sites excluding steroid dienone is 3. The molecule has 4 rings (SSSR count). The number of para-hydroxylation sites is 1. The summed E-state index contributed by atoms with van der Waals surface area (Å²) in [7, 11) is 1.39. The monoisotopic (exact) mass is 563 g/mol. The number of hydrogen-bond donors (Lipinski definition) is 3. The van der Waals surface area contributed by atoms with Gasteiger partial charge in [0.1, 0.15) is 0 Å². The number of aliphatic hydroxyl groups is 1. The maximum atomic E-state index is 13.2. The molecule has 0 saturated carbocycles. The Kier molecular flexibility index (Phi) is 9.16. The summed E-state index contributed by atoms with van der Waals surface area (Å²) in [6, 6.07) is 8.85. The number of amides is 2. The average Bonchev–Trinajstić information content (AvgIpc) is 3.33. The van der Waals surface area contributed by atoms with Crippen molar-refractivity contribution in [1.82, 2.24) is 10.6 Å². The molecule has 2 aliphatic heterocycles. The molecule has 0 aliphatic carbocycles. The summed E-state index contributed by atoms with van der Waals surface area (Å²) in [6.07, 6.45) is 5.72. The predicted octanol–water partition coefficient (Wildman–Crippen LogP) is 5.43. The number of carbonyl (C=O) groups is 2. The minimum absolute atomic E-state index is 0.0220. The van der Waals surface area contributed by atoms with E-state index in [1.165, 1.54) is 12.0 Å². The molecule has 2 aromatic carbocycles. The lowest BCUT2D eigenvalue weighted by Gasteiger charge is -2.34. The molecule has 2 unspecified atom stereocenters. The van der Waals surface area contributed by atoms with Crippen molar-refractivity contribution in [1.29, 1.82) is 0 Å². The summed E-state index contributed by atoms with van der Waals surface area (Å²) in [5.41, 5.74) is 3.88. The number of ether oxygens (including phenoxy) is 1. The van der Waals surface area contributed by atoms with Gasteiger partial charge in [-0.25, -0.2) is 4.79 Å². The van der Waals surface area contributed by atoms with Crippen LogP contribution in [0.4, 0.5) is 16.2 Å². The lowest BCUT2D eigenvalue weighted by Crippen LogP contribution is -2.42. The number of fused-ring (bicyclic) bond motifs is 1. The second kappa shape index (κ2) is 12.3. The van der Waals surface area contributed by atoms with Crippen molar-refractivity contribution in [3.8, 4) is 0 Å². The van der Waals surface area contributed by atoms with E-state index in [2.05, 4.69) is 16.7 Å². The van der Waals surface area contributed by atoms with E-state index in [0.29, 0.717) is 52.5 Å². The molecule has 2 heterocycles. The predicted molar refractivity (Wildman–Crippen MR) is 147 cm³/mol. The Morgan fingerprint density at radius 3 is 2.70 bits per heavy atom. The molecule has 196 valence electrons. The standard InChI is InChI=1S/C27H28Cl3N3O4/c1-37-25(35)12-18-13-31-14-20(18)17-9-16(10-19(28)5-2-3-8-34)21-15-32-27(36)33(24(21)11-17)26-22(29)6-4-7-23(26)30/h2-7,9,11,18,20,31,34H,8,10,12-15H2,1H3,(H,32,36)/b3-2-,19-5+. The van der Waals surface area contributed by atoms with Crippen molar-refractivity contribution in [2.45, 2.75) is 25.3 Å². The van der Waals surface area contributed by atoms with E-state index >= 15 is 0 Å². The summed E-state index contributed by atoms with van der Waals surface area (Å²) in [4.78, 5) is 26.8. The molecule has 7 nitrogen and oxygen atoms in total. The van der Waals surface area contributed by atoms with Gasteiger partial charge in [-0.3, -0.25) is 9.69 Å². The number of rotatable bonds is 8. The fourth-order valence-electron chi connectivity index (χ4n) is 4.90. The van der Waals surface area contributed by atoms with Crippen molar-refractivity contribution >= 4 is 58.2 Å². The number of nitrogens with zero attached hydrogens (tertiary/aromatic N) is 1. The molecule has 2 atom stereocenters. The first-order chi connectivity index (χ1) is 17.8. The van der Waals surface area contributed by atoms with Gasteiger partial charge in [-0.05, 0) is 53.4 Å². The number of carbonyl (C=O) groups excluding carboxylic acids is 2. The molecule has 1 saturated heterocycles. The van der Waals surface area contributed by atoms with E-state index in [1.54, 1.807) is 36.4 Å². The normalized spacial score (nSPS) is 19.8. The number of methoxy groups -OCH3 is 1. The van der Waals surface area contributed by atoms with Crippen LogP contribution in [-0.4, -0.2) is 43.9 Å². The van der Waals surface area contributed by atoms with Gasteiger partial charge in [0.2, 0.25) is 0 Å². The lowest BCUT2D eigenvalue weighted by atomic mass is 9.84. The van der Waals surface area contributed by atoms with E-state index in [-0.39, 0.29) is 36.9 Å². The maximum absolute atomic E-state index is 13.2. The molecule has 2 aliphatic rings. The highest BCUT2D eigenvalue weighted by atomic mass is 35.5. The van der Waals surface area contributed by atoms with E-state index in [4.69, 9.17) is 44.6 Å². The van der Waals surface area contributed by atoms with Gasteiger partial charge in [0.05, 0.1) is 41.6 Å². The number of urea groups is 1. The summed E-state index contributed by atoms with van der Waals surface area (Å²) in [5, 5.41) is 16.6. The molecular weight excluding hydrogens is 537 g/mol. The van der Waals surface area contributed by atoms with Gasteiger partial charge in [0.25, 0.3) is 0 Å². The Balaban J connectivity index is 1.85. The van der Waals surface area contributed by atoms with Crippen molar-refractivity contribution < 1.29 is 19.4 Å². The Morgan fingerprint density at radius 1 is 1.24 bits per heavy atom. The summed E-state index contributed by atoms with van der Waals surface area (Å²) in [6.45, 7) is 1.59. The highest BCUT2D eigenvalue weighted by Gasteiger charge is 2.35. The molecule has 1 fully saturated rings. The van der Waals surface area contributed by atoms with Gasteiger partial charge < -0.3 is 20.5 Å². The highest BCUT2D eigenvalue weighted by molar-refractivity contribution is 6.40. The fraction of sp³-hybridized carbons (Fsp3) is 0.333. The van der Waals surface area contributed by atoms with Gasteiger partial charge in [-0.2, -0.15) is 0 Å². The van der Waals surface area contributed by atoms with Crippen LogP contribution in [0.25, 0.3) is 0 Å². The summed E-state index contributed by atoms with van der Waals surface area (Å²) < 4.78 is 4.92.